The van der Waals surface area contributed by atoms with Crippen molar-refractivity contribution in [2.24, 2.45) is 0 Å². The third-order valence-corrected chi connectivity index (χ3v) is 4.92. The highest BCUT2D eigenvalue weighted by molar-refractivity contribution is 5.37. The van der Waals surface area contributed by atoms with Gasteiger partial charge >= 0.3 is 0 Å². The minimum absolute atomic E-state index is 0.0788. The van der Waals surface area contributed by atoms with Gasteiger partial charge in [0, 0.05) is 12.8 Å². The van der Waals surface area contributed by atoms with Gasteiger partial charge in [0.2, 0.25) is 0 Å². The number of ether oxygens (including phenoxy) is 3. The van der Waals surface area contributed by atoms with E-state index in [2.05, 4.69) is 17.4 Å². The minimum atomic E-state index is 0.0788. The topological polar surface area (TPSA) is 39.7 Å². The lowest BCUT2D eigenvalue weighted by Crippen LogP contribution is -2.41. The Balaban J connectivity index is 1.27. The van der Waals surface area contributed by atoms with E-state index < -0.39 is 0 Å². The van der Waals surface area contributed by atoms with Crippen molar-refractivity contribution in [2.75, 3.05) is 26.3 Å². The van der Waals surface area contributed by atoms with Gasteiger partial charge in [-0.05, 0) is 37.6 Å². The Morgan fingerprint density at radius 1 is 1.24 bits per heavy atom. The van der Waals surface area contributed by atoms with E-state index in [1.807, 2.05) is 12.1 Å². The highest BCUT2D eigenvalue weighted by Crippen LogP contribution is 2.35. The van der Waals surface area contributed by atoms with E-state index in [1.165, 1.54) is 5.56 Å². The molecule has 0 amide bonds. The average Bonchev–Trinajstić information content (AvgIpc) is 3.10. The van der Waals surface area contributed by atoms with Crippen LogP contribution in [0.5, 0.6) is 5.75 Å². The second-order valence-electron chi connectivity index (χ2n) is 6.46. The van der Waals surface area contributed by atoms with E-state index in [1.54, 1.807) is 0 Å². The summed E-state index contributed by atoms with van der Waals surface area (Å²) in [7, 11) is 0. The number of rotatable bonds is 3. The largest absolute Gasteiger partial charge is 0.487 e. The van der Waals surface area contributed by atoms with Crippen LogP contribution in [0, 0.1) is 0 Å². The first-order chi connectivity index (χ1) is 10.3. The van der Waals surface area contributed by atoms with Crippen LogP contribution < -0.4 is 10.1 Å². The minimum Gasteiger partial charge on any atom is -0.487 e. The molecule has 2 saturated heterocycles. The maximum atomic E-state index is 6.08. The highest BCUT2D eigenvalue weighted by Gasteiger charge is 2.41. The Bertz CT molecular complexity index is 474. The Morgan fingerprint density at radius 2 is 2.10 bits per heavy atom. The molecule has 3 heterocycles. The van der Waals surface area contributed by atoms with Crippen molar-refractivity contribution in [2.45, 2.75) is 43.5 Å². The van der Waals surface area contributed by atoms with Crippen LogP contribution in [0.25, 0.3) is 0 Å². The van der Waals surface area contributed by atoms with Gasteiger partial charge in [0.25, 0.3) is 0 Å². The number of piperidine rings is 1. The molecule has 2 fully saturated rings. The van der Waals surface area contributed by atoms with Crippen LogP contribution in [-0.4, -0.2) is 44.1 Å². The van der Waals surface area contributed by atoms with Crippen molar-refractivity contribution in [3.8, 4) is 5.75 Å². The molecule has 1 N–H and O–H groups in total. The fourth-order valence-electron chi connectivity index (χ4n) is 3.73. The summed E-state index contributed by atoms with van der Waals surface area (Å²) < 4.78 is 18.1. The van der Waals surface area contributed by atoms with Crippen LogP contribution in [0.1, 0.15) is 24.8 Å². The molecule has 3 aliphatic heterocycles. The standard InChI is InChI=1S/C17H23NO3/c1-2-4-16-13(3-1)9-14(21-16)11-19-15-10-17(20-12-15)5-7-18-8-6-17/h1-4,14-15,18H,5-12H2. The highest BCUT2D eigenvalue weighted by atomic mass is 16.6. The molecule has 3 aliphatic rings. The van der Waals surface area contributed by atoms with Gasteiger partial charge in [0.1, 0.15) is 11.9 Å². The molecular weight excluding hydrogens is 266 g/mol. The summed E-state index contributed by atoms with van der Waals surface area (Å²) in [5.41, 5.74) is 1.37. The summed E-state index contributed by atoms with van der Waals surface area (Å²) in [6.07, 6.45) is 4.60. The number of hydrogen-bond donors (Lipinski definition) is 1. The number of para-hydroxylation sites is 1. The zero-order chi connectivity index (χ0) is 14.1. The summed E-state index contributed by atoms with van der Waals surface area (Å²) in [6, 6.07) is 8.26. The molecule has 21 heavy (non-hydrogen) atoms. The molecule has 1 aromatic rings. The molecule has 114 valence electrons. The first kappa shape index (κ1) is 13.6. The van der Waals surface area contributed by atoms with Gasteiger partial charge in [0.15, 0.2) is 0 Å². The first-order valence-corrected chi connectivity index (χ1v) is 8.04. The molecule has 0 aliphatic carbocycles. The molecule has 2 atom stereocenters. The number of benzene rings is 1. The zero-order valence-corrected chi connectivity index (χ0v) is 12.3. The third kappa shape index (κ3) is 2.80. The van der Waals surface area contributed by atoms with Crippen LogP contribution in [-0.2, 0) is 15.9 Å². The lowest BCUT2D eigenvalue weighted by atomic mass is 9.89. The van der Waals surface area contributed by atoms with E-state index in [-0.39, 0.29) is 17.8 Å². The lowest BCUT2D eigenvalue weighted by Gasteiger charge is -2.32. The molecule has 4 heteroatoms. The van der Waals surface area contributed by atoms with Gasteiger partial charge in [0.05, 0.1) is 24.9 Å². The van der Waals surface area contributed by atoms with Crippen LogP contribution in [0.3, 0.4) is 0 Å². The smallest absolute Gasteiger partial charge is 0.126 e. The summed E-state index contributed by atoms with van der Waals surface area (Å²) in [4.78, 5) is 0. The van der Waals surface area contributed by atoms with Gasteiger partial charge in [-0.2, -0.15) is 0 Å². The van der Waals surface area contributed by atoms with Crippen molar-refractivity contribution < 1.29 is 14.2 Å². The van der Waals surface area contributed by atoms with Crippen molar-refractivity contribution in [3.05, 3.63) is 29.8 Å². The Hall–Kier alpha value is -1.10. The Kier molecular flexibility index (Phi) is 3.61. The van der Waals surface area contributed by atoms with Crippen LogP contribution in [0.4, 0.5) is 0 Å². The number of nitrogens with one attached hydrogen (secondary N) is 1. The summed E-state index contributed by atoms with van der Waals surface area (Å²) in [5, 5.41) is 3.40. The van der Waals surface area contributed by atoms with Gasteiger partial charge in [-0.3, -0.25) is 0 Å². The van der Waals surface area contributed by atoms with Crippen LogP contribution in [0.15, 0.2) is 24.3 Å². The number of fused-ring (bicyclic) bond motifs is 1. The van der Waals surface area contributed by atoms with Gasteiger partial charge < -0.3 is 19.5 Å². The first-order valence-electron chi connectivity index (χ1n) is 8.04. The predicted molar refractivity (Wildman–Crippen MR) is 79.7 cm³/mol. The Labute approximate surface area is 125 Å². The second kappa shape index (κ2) is 5.59. The quantitative estimate of drug-likeness (QED) is 0.923. The SMILES string of the molecule is c1ccc2c(c1)CC(COC1COC3(CCNCC3)C1)O2. The summed E-state index contributed by atoms with van der Waals surface area (Å²) in [5.74, 6) is 1.02. The zero-order valence-electron chi connectivity index (χ0n) is 12.3. The Morgan fingerprint density at radius 3 is 2.95 bits per heavy atom. The maximum Gasteiger partial charge on any atom is 0.126 e. The van der Waals surface area contributed by atoms with E-state index in [0.29, 0.717) is 6.61 Å². The van der Waals surface area contributed by atoms with E-state index in [0.717, 1.165) is 51.1 Å². The summed E-state index contributed by atoms with van der Waals surface area (Å²) in [6.45, 7) is 3.53. The molecule has 0 bridgehead atoms. The van der Waals surface area contributed by atoms with Crippen molar-refractivity contribution in [1.82, 2.24) is 5.32 Å². The van der Waals surface area contributed by atoms with Crippen molar-refractivity contribution in [1.29, 1.82) is 0 Å². The fraction of sp³-hybridized carbons (Fsp3) is 0.647. The third-order valence-electron chi connectivity index (χ3n) is 4.92. The molecule has 1 aromatic carbocycles. The fourth-order valence-corrected chi connectivity index (χ4v) is 3.73. The van der Waals surface area contributed by atoms with Crippen LogP contribution in [0.2, 0.25) is 0 Å². The number of hydrogen-bond acceptors (Lipinski definition) is 4. The molecule has 1 spiro atoms. The molecule has 0 aromatic heterocycles. The molecule has 4 rings (SSSR count). The van der Waals surface area contributed by atoms with Crippen LogP contribution >= 0.6 is 0 Å². The molecule has 4 nitrogen and oxygen atoms in total. The maximum absolute atomic E-state index is 6.08. The van der Waals surface area contributed by atoms with Gasteiger partial charge in [-0.15, -0.1) is 0 Å². The molecule has 0 radical (unpaired) electrons. The normalized spacial score (nSPS) is 30.3. The van der Waals surface area contributed by atoms with E-state index >= 15 is 0 Å². The predicted octanol–water partition coefficient (Wildman–Crippen LogP) is 1.92. The molecular formula is C17H23NO3. The monoisotopic (exact) mass is 289 g/mol. The van der Waals surface area contributed by atoms with E-state index in [9.17, 15) is 0 Å². The van der Waals surface area contributed by atoms with Crippen molar-refractivity contribution >= 4 is 0 Å². The summed E-state index contributed by atoms with van der Waals surface area (Å²) >= 11 is 0. The van der Waals surface area contributed by atoms with E-state index in [4.69, 9.17) is 14.2 Å². The van der Waals surface area contributed by atoms with Gasteiger partial charge in [-0.1, -0.05) is 18.2 Å². The van der Waals surface area contributed by atoms with Crippen molar-refractivity contribution in [3.63, 3.8) is 0 Å². The lowest BCUT2D eigenvalue weighted by molar-refractivity contribution is -0.0266. The molecule has 0 saturated carbocycles. The molecule has 2 unspecified atom stereocenters. The van der Waals surface area contributed by atoms with Gasteiger partial charge in [-0.25, -0.2) is 0 Å². The second-order valence-corrected chi connectivity index (χ2v) is 6.46. The average molecular weight is 289 g/mol.